The van der Waals surface area contributed by atoms with Gasteiger partial charge in [-0.25, -0.2) is 0 Å². The van der Waals surface area contributed by atoms with Crippen LogP contribution in [0.5, 0.6) is 0 Å². The van der Waals surface area contributed by atoms with E-state index in [-0.39, 0.29) is 5.91 Å². The normalized spacial score (nSPS) is 10.5. The zero-order valence-corrected chi connectivity index (χ0v) is 14.7. The Morgan fingerprint density at radius 3 is 2.59 bits per heavy atom. The van der Waals surface area contributed by atoms with Crippen LogP contribution in [0.25, 0.3) is 0 Å². The molecule has 0 aliphatic heterocycles. The molecule has 2 nitrogen and oxygen atoms in total. The number of thiophene rings is 2. The van der Waals surface area contributed by atoms with Crippen LogP contribution in [0.1, 0.15) is 14.5 Å². The van der Waals surface area contributed by atoms with Gasteiger partial charge in [-0.15, -0.1) is 22.7 Å². The first-order valence-corrected chi connectivity index (χ1v) is 8.59. The molecule has 2 aromatic heterocycles. The molecule has 90 valence electrons. The van der Waals surface area contributed by atoms with Crippen molar-refractivity contribution in [3.8, 4) is 0 Å². The molecule has 0 bridgehead atoms. The summed E-state index contributed by atoms with van der Waals surface area (Å²) in [6.45, 7) is 0.558. The van der Waals surface area contributed by atoms with Crippen LogP contribution >= 0.6 is 70.5 Å². The summed E-state index contributed by atoms with van der Waals surface area (Å²) in [7, 11) is 0. The standard InChI is InChI=1S/C10H6Br3NOS2/c11-5-1-6(16-4-5)3-14-10(15)8-2-7(12)9(13)17-8/h1-2,4H,3H2,(H,14,15). The second-order valence-corrected chi connectivity index (χ2v) is 8.28. The fraction of sp³-hybridized carbons (Fsp3) is 0.100. The van der Waals surface area contributed by atoms with Gasteiger partial charge in [0.05, 0.1) is 15.2 Å². The van der Waals surface area contributed by atoms with E-state index in [1.54, 1.807) is 11.3 Å². The van der Waals surface area contributed by atoms with Crippen molar-refractivity contribution in [1.29, 1.82) is 0 Å². The van der Waals surface area contributed by atoms with E-state index < -0.39 is 0 Å². The van der Waals surface area contributed by atoms with Gasteiger partial charge >= 0.3 is 0 Å². The monoisotopic (exact) mass is 457 g/mol. The summed E-state index contributed by atoms with van der Waals surface area (Å²) in [5, 5.41) is 4.89. The molecule has 0 fully saturated rings. The highest BCUT2D eigenvalue weighted by Gasteiger charge is 2.11. The van der Waals surface area contributed by atoms with Crippen LogP contribution in [-0.2, 0) is 6.54 Å². The minimum absolute atomic E-state index is 0.0501. The van der Waals surface area contributed by atoms with Gasteiger partial charge in [0.2, 0.25) is 0 Å². The van der Waals surface area contributed by atoms with Gasteiger partial charge in [-0.2, -0.15) is 0 Å². The Morgan fingerprint density at radius 1 is 1.29 bits per heavy atom. The van der Waals surface area contributed by atoms with Gasteiger partial charge < -0.3 is 5.32 Å². The van der Waals surface area contributed by atoms with Crippen molar-refractivity contribution in [3.05, 3.63) is 40.0 Å². The Balaban J connectivity index is 1.98. The quantitative estimate of drug-likeness (QED) is 0.685. The molecule has 0 saturated carbocycles. The second kappa shape index (κ2) is 5.97. The number of hydrogen-bond donors (Lipinski definition) is 1. The van der Waals surface area contributed by atoms with Crippen LogP contribution in [0, 0.1) is 0 Å². The largest absolute Gasteiger partial charge is 0.346 e. The molecule has 2 heterocycles. The van der Waals surface area contributed by atoms with Crippen LogP contribution < -0.4 is 5.32 Å². The van der Waals surface area contributed by atoms with E-state index in [0.717, 1.165) is 17.6 Å². The Hall–Kier alpha value is 0.310. The van der Waals surface area contributed by atoms with E-state index in [4.69, 9.17) is 0 Å². The molecule has 1 amide bonds. The lowest BCUT2D eigenvalue weighted by atomic mass is 10.4. The number of nitrogens with one attached hydrogen (secondary N) is 1. The SMILES string of the molecule is O=C(NCc1cc(Br)cs1)c1cc(Br)c(Br)s1. The molecule has 0 aliphatic rings. The molecule has 2 rings (SSSR count). The topological polar surface area (TPSA) is 29.1 Å². The molecule has 0 aromatic carbocycles. The fourth-order valence-corrected chi connectivity index (χ4v) is 4.50. The lowest BCUT2D eigenvalue weighted by Gasteiger charge is -2.00. The van der Waals surface area contributed by atoms with Crippen molar-refractivity contribution in [2.75, 3.05) is 0 Å². The van der Waals surface area contributed by atoms with Gasteiger partial charge in [0, 0.05) is 19.2 Å². The van der Waals surface area contributed by atoms with Gasteiger partial charge in [0.15, 0.2) is 0 Å². The number of carbonyl (C=O) groups excluding carboxylic acids is 1. The Kier molecular flexibility index (Phi) is 4.82. The first-order chi connectivity index (χ1) is 8.06. The smallest absolute Gasteiger partial charge is 0.261 e. The molecule has 0 aliphatic carbocycles. The predicted molar refractivity (Wildman–Crippen MR) is 82.9 cm³/mol. The van der Waals surface area contributed by atoms with Crippen LogP contribution in [0.2, 0.25) is 0 Å². The van der Waals surface area contributed by atoms with E-state index in [1.807, 2.05) is 17.5 Å². The number of rotatable bonds is 3. The minimum Gasteiger partial charge on any atom is -0.346 e. The van der Waals surface area contributed by atoms with E-state index in [1.165, 1.54) is 11.3 Å². The summed E-state index contributed by atoms with van der Waals surface area (Å²) in [6.07, 6.45) is 0. The van der Waals surface area contributed by atoms with Gasteiger partial charge in [-0.05, 0) is 59.9 Å². The summed E-state index contributed by atoms with van der Waals surface area (Å²) in [6, 6.07) is 3.82. The maximum atomic E-state index is 11.8. The van der Waals surface area contributed by atoms with Crippen LogP contribution in [0.15, 0.2) is 30.2 Å². The van der Waals surface area contributed by atoms with Crippen molar-refractivity contribution < 1.29 is 4.79 Å². The Labute approximate surface area is 132 Å². The number of halogens is 3. The molecular formula is C10H6Br3NOS2. The minimum atomic E-state index is -0.0501. The molecule has 0 unspecified atom stereocenters. The van der Waals surface area contributed by atoms with Crippen molar-refractivity contribution in [1.82, 2.24) is 5.32 Å². The third kappa shape index (κ3) is 3.64. The van der Waals surface area contributed by atoms with Gasteiger partial charge in [-0.1, -0.05) is 0 Å². The van der Waals surface area contributed by atoms with Crippen molar-refractivity contribution in [2.45, 2.75) is 6.54 Å². The molecule has 2 aromatic rings. The zero-order valence-electron chi connectivity index (χ0n) is 8.30. The molecule has 0 atom stereocenters. The highest BCUT2D eigenvalue weighted by atomic mass is 79.9. The summed E-state index contributed by atoms with van der Waals surface area (Å²) < 4.78 is 2.89. The van der Waals surface area contributed by atoms with E-state index in [0.29, 0.717) is 11.4 Å². The fourth-order valence-electron chi connectivity index (χ4n) is 1.16. The maximum absolute atomic E-state index is 11.8. The predicted octanol–water partition coefficient (Wildman–Crippen LogP) is 5.03. The van der Waals surface area contributed by atoms with E-state index in [2.05, 4.69) is 53.1 Å². The average Bonchev–Trinajstić information content (AvgIpc) is 2.83. The molecule has 0 saturated heterocycles. The first-order valence-electron chi connectivity index (χ1n) is 4.52. The first kappa shape index (κ1) is 13.7. The second-order valence-electron chi connectivity index (χ2n) is 3.15. The highest BCUT2D eigenvalue weighted by Crippen LogP contribution is 2.32. The molecule has 7 heteroatoms. The van der Waals surface area contributed by atoms with E-state index >= 15 is 0 Å². The summed E-state index contributed by atoms with van der Waals surface area (Å²) >= 11 is 13.2. The van der Waals surface area contributed by atoms with Gasteiger partial charge in [-0.3, -0.25) is 4.79 Å². The molecule has 1 N–H and O–H groups in total. The summed E-state index contributed by atoms with van der Waals surface area (Å²) in [5.41, 5.74) is 0. The zero-order chi connectivity index (χ0) is 12.4. The van der Waals surface area contributed by atoms with Crippen molar-refractivity contribution in [3.63, 3.8) is 0 Å². The highest BCUT2D eigenvalue weighted by molar-refractivity contribution is 9.13. The summed E-state index contributed by atoms with van der Waals surface area (Å²) in [4.78, 5) is 13.7. The number of amides is 1. The third-order valence-electron chi connectivity index (χ3n) is 1.91. The molecule has 17 heavy (non-hydrogen) atoms. The van der Waals surface area contributed by atoms with Crippen LogP contribution in [-0.4, -0.2) is 5.91 Å². The van der Waals surface area contributed by atoms with Crippen molar-refractivity contribution >= 4 is 76.4 Å². The lowest BCUT2D eigenvalue weighted by molar-refractivity contribution is 0.0955. The van der Waals surface area contributed by atoms with Crippen molar-refractivity contribution in [2.24, 2.45) is 0 Å². The average molecular weight is 460 g/mol. The maximum Gasteiger partial charge on any atom is 0.261 e. The van der Waals surface area contributed by atoms with Gasteiger partial charge in [0.1, 0.15) is 0 Å². The molecule has 0 radical (unpaired) electrons. The van der Waals surface area contributed by atoms with Crippen LogP contribution in [0.3, 0.4) is 0 Å². The van der Waals surface area contributed by atoms with Crippen LogP contribution in [0.4, 0.5) is 0 Å². The Morgan fingerprint density at radius 2 is 2.06 bits per heavy atom. The molecular weight excluding hydrogens is 454 g/mol. The summed E-state index contributed by atoms with van der Waals surface area (Å²) in [5.74, 6) is -0.0501. The van der Waals surface area contributed by atoms with Gasteiger partial charge in [0.25, 0.3) is 5.91 Å². The number of carbonyl (C=O) groups is 1. The third-order valence-corrected chi connectivity index (χ3v) is 6.87. The molecule has 0 spiro atoms. The van der Waals surface area contributed by atoms with E-state index in [9.17, 15) is 4.79 Å². The number of hydrogen-bond acceptors (Lipinski definition) is 3. The Bertz CT molecular complexity index is 530. The lowest BCUT2D eigenvalue weighted by Crippen LogP contribution is -2.21.